The molecule has 0 aliphatic rings. The molecular weight excluding hydrogens is 332 g/mol. The Labute approximate surface area is 125 Å². The van der Waals surface area contributed by atoms with Crippen LogP contribution in [0.25, 0.3) is 5.82 Å². The van der Waals surface area contributed by atoms with E-state index in [1.807, 2.05) is 0 Å². The van der Waals surface area contributed by atoms with E-state index in [0.29, 0.717) is 0 Å². The standard InChI is InChI=1S/C11H9F6N5O/c1-6-7(22-5-18-3-21-22)19-4-20-8(6)23-2-10(13,14)9(12)11(15,16)17/h3-5,9H,2H2,1H3. The molecule has 0 amide bonds. The second-order valence-electron chi connectivity index (χ2n) is 4.42. The number of ether oxygens (including phenoxy) is 1. The molecule has 1 unspecified atom stereocenters. The molecule has 0 aliphatic heterocycles. The number of nitrogens with zero attached hydrogens (tertiary/aromatic N) is 5. The third kappa shape index (κ3) is 3.68. The molecule has 2 aromatic heterocycles. The Morgan fingerprint density at radius 3 is 2.43 bits per heavy atom. The summed E-state index contributed by atoms with van der Waals surface area (Å²) in [5.74, 6) is -5.05. The SMILES string of the molecule is Cc1c(OCC(F)(F)C(F)C(F)(F)F)ncnc1-n1cncn1. The highest BCUT2D eigenvalue weighted by molar-refractivity contribution is 5.37. The summed E-state index contributed by atoms with van der Waals surface area (Å²) in [6.45, 7) is -0.455. The van der Waals surface area contributed by atoms with Gasteiger partial charge in [0.1, 0.15) is 19.0 Å². The van der Waals surface area contributed by atoms with Crippen molar-refractivity contribution in [2.45, 2.75) is 25.2 Å². The summed E-state index contributed by atoms with van der Waals surface area (Å²) in [5, 5.41) is 3.76. The van der Waals surface area contributed by atoms with Crippen molar-refractivity contribution in [3.05, 3.63) is 24.5 Å². The second-order valence-corrected chi connectivity index (χ2v) is 4.42. The van der Waals surface area contributed by atoms with Crippen LogP contribution in [0, 0.1) is 6.92 Å². The van der Waals surface area contributed by atoms with Gasteiger partial charge in [0.05, 0.1) is 5.56 Å². The van der Waals surface area contributed by atoms with Crippen LogP contribution in [0.2, 0.25) is 0 Å². The largest absolute Gasteiger partial charge is 0.471 e. The van der Waals surface area contributed by atoms with Gasteiger partial charge in [0, 0.05) is 0 Å². The van der Waals surface area contributed by atoms with E-state index in [1.54, 1.807) is 0 Å². The van der Waals surface area contributed by atoms with Crippen molar-refractivity contribution < 1.29 is 31.1 Å². The first-order chi connectivity index (χ1) is 10.6. The normalized spacial score (nSPS) is 13.9. The van der Waals surface area contributed by atoms with Gasteiger partial charge in [-0.15, -0.1) is 0 Å². The van der Waals surface area contributed by atoms with Crippen molar-refractivity contribution in [2.24, 2.45) is 0 Å². The van der Waals surface area contributed by atoms with Crippen LogP contribution in [0.15, 0.2) is 19.0 Å². The van der Waals surface area contributed by atoms with Crippen LogP contribution in [0.1, 0.15) is 5.56 Å². The molecule has 0 saturated carbocycles. The minimum atomic E-state index is -5.69. The lowest BCUT2D eigenvalue weighted by Gasteiger charge is -2.22. The van der Waals surface area contributed by atoms with Gasteiger partial charge in [0.15, 0.2) is 12.4 Å². The number of rotatable bonds is 5. The third-order valence-electron chi connectivity index (χ3n) is 2.71. The lowest BCUT2D eigenvalue weighted by atomic mass is 10.2. The topological polar surface area (TPSA) is 65.7 Å². The summed E-state index contributed by atoms with van der Waals surface area (Å²) in [5.41, 5.74) is 0.121. The van der Waals surface area contributed by atoms with Crippen LogP contribution < -0.4 is 4.74 Å². The fraction of sp³-hybridized carbons (Fsp3) is 0.455. The molecule has 1 atom stereocenters. The van der Waals surface area contributed by atoms with Gasteiger partial charge < -0.3 is 4.74 Å². The Morgan fingerprint density at radius 1 is 1.17 bits per heavy atom. The van der Waals surface area contributed by atoms with Crippen molar-refractivity contribution >= 4 is 0 Å². The van der Waals surface area contributed by atoms with Gasteiger partial charge in [-0.2, -0.15) is 27.1 Å². The molecule has 0 aliphatic carbocycles. The average Bonchev–Trinajstić information content (AvgIpc) is 2.98. The molecule has 126 valence electrons. The highest BCUT2D eigenvalue weighted by Crippen LogP contribution is 2.35. The van der Waals surface area contributed by atoms with Gasteiger partial charge >= 0.3 is 12.1 Å². The van der Waals surface area contributed by atoms with Crippen molar-refractivity contribution in [1.82, 2.24) is 24.7 Å². The Kier molecular flexibility index (Phi) is 4.43. The summed E-state index contributed by atoms with van der Waals surface area (Å²) in [6, 6.07) is 0. The maximum atomic E-state index is 13.2. The van der Waals surface area contributed by atoms with Gasteiger partial charge in [-0.1, -0.05) is 0 Å². The molecule has 0 spiro atoms. The predicted molar refractivity (Wildman–Crippen MR) is 63.1 cm³/mol. The Bertz CT molecular complexity index is 659. The number of halogens is 6. The van der Waals surface area contributed by atoms with Gasteiger partial charge in [-0.3, -0.25) is 0 Å². The zero-order valence-corrected chi connectivity index (χ0v) is 11.4. The van der Waals surface area contributed by atoms with E-state index in [4.69, 9.17) is 0 Å². The van der Waals surface area contributed by atoms with Gasteiger partial charge in [-0.05, 0) is 6.92 Å². The maximum Gasteiger partial charge on any atom is 0.425 e. The molecule has 2 heterocycles. The summed E-state index contributed by atoms with van der Waals surface area (Å²) < 4.78 is 81.1. The van der Waals surface area contributed by atoms with Crippen molar-refractivity contribution in [1.29, 1.82) is 0 Å². The number of alkyl halides is 6. The Balaban J connectivity index is 2.17. The fourth-order valence-corrected chi connectivity index (χ4v) is 1.60. The number of hydrogen-bond acceptors (Lipinski definition) is 5. The first kappa shape index (κ1) is 17.0. The van der Waals surface area contributed by atoms with E-state index in [-0.39, 0.29) is 11.4 Å². The zero-order valence-electron chi connectivity index (χ0n) is 11.4. The molecule has 2 rings (SSSR count). The first-order valence-corrected chi connectivity index (χ1v) is 6.01. The summed E-state index contributed by atoms with van der Waals surface area (Å²) >= 11 is 0. The van der Waals surface area contributed by atoms with E-state index in [0.717, 1.165) is 6.33 Å². The van der Waals surface area contributed by atoms with Gasteiger partial charge in [-0.25, -0.2) is 24.0 Å². The van der Waals surface area contributed by atoms with Crippen LogP contribution in [-0.4, -0.2) is 49.6 Å². The van der Waals surface area contributed by atoms with Crippen LogP contribution >= 0.6 is 0 Å². The highest BCUT2D eigenvalue weighted by Gasteiger charge is 2.57. The number of aromatic nitrogens is 5. The monoisotopic (exact) mass is 341 g/mol. The molecule has 0 aromatic carbocycles. The lowest BCUT2D eigenvalue weighted by Crippen LogP contribution is -2.45. The van der Waals surface area contributed by atoms with E-state index in [2.05, 4.69) is 24.8 Å². The molecule has 0 N–H and O–H groups in total. The summed E-state index contributed by atoms with van der Waals surface area (Å²) in [7, 11) is 0. The minimum absolute atomic E-state index is 0.121. The van der Waals surface area contributed by atoms with Crippen molar-refractivity contribution in [3.8, 4) is 11.7 Å². The molecular formula is C11H9F6N5O. The average molecular weight is 341 g/mol. The Hall–Kier alpha value is -2.40. The molecule has 2 aromatic rings. The van der Waals surface area contributed by atoms with Gasteiger partial charge in [0.2, 0.25) is 5.88 Å². The van der Waals surface area contributed by atoms with Crippen molar-refractivity contribution in [3.63, 3.8) is 0 Å². The first-order valence-electron chi connectivity index (χ1n) is 6.01. The predicted octanol–water partition coefficient (Wildman–Crippen LogP) is 2.28. The van der Waals surface area contributed by atoms with E-state index in [1.165, 1.54) is 24.3 Å². The highest BCUT2D eigenvalue weighted by atomic mass is 19.4. The minimum Gasteiger partial charge on any atom is -0.471 e. The Morgan fingerprint density at radius 2 is 1.87 bits per heavy atom. The molecule has 0 fully saturated rings. The second kappa shape index (κ2) is 6.01. The van der Waals surface area contributed by atoms with Crippen LogP contribution in [0.4, 0.5) is 26.3 Å². The molecule has 23 heavy (non-hydrogen) atoms. The number of hydrogen-bond donors (Lipinski definition) is 0. The molecule has 0 saturated heterocycles. The lowest BCUT2D eigenvalue weighted by molar-refractivity contribution is -0.250. The zero-order chi connectivity index (χ0) is 17.3. The fourth-order valence-electron chi connectivity index (χ4n) is 1.60. The summed E-state index contributed by atoms with van der Waals surface area (Å²) in [6.07, 6.45) is -6.65. The maximum absolute atomic E-state index is 13.2. The quantitative estimate of drug-likeness (QED) is 0.781. The molecule has 0 bridgehead atoms. The molecule has 0 radical (unpaired) electrons. The van der Waals surface area contributed by atoms with E-state index < -0.39 is 30.8 Å². The van der Waals surface area contributed by atoms with E-state index >= 15 is 0 Å². The van der Waals surface area contributed by atoms with E-state index in [9.17, 15) is 26.3 Å². The van der Waals surface area contributed by atoms with Crippen LogP contribution in [0.5, 0.6) is 5.88 Å². The molecule has 12 heteroatoms. The molecule has 6 nitrogen and oxygen atoms in total. The summed E-state index contributed by atoms with van der Waals surface area (Å²) in [4.78, 5) is 11.0. The smallest absolute Gasteiger partial charge is 0.425 e. The van der Waals surface area contributed by atoms with Crippen molar-refractivity contribution in [2.75, 3.05) is 6.61 Å². The van der Waals surface area contributed by atoms with Crippen LogP contribution in [0.3, 0.4) is 0 Å². The van der Waals surface area contributed by atoms with Crippen LogP contribution in [-0.2, 0) is 0 Å². The van der Waals surface area contributed by atoms with Gasteiger partial charge in [0.25, 0.3) is 6.17 Å². The third-order valence-corrected chi connectivity index (χ3v) is 2.71.